The molecular formula is C16H22N2O3. The zero-order valence-corrected chi connectivity index (χ0v) is 12.4. The third-order valence-electron chi connectivity index (χ3n) is 4.02. The van der Waals surface area contributed by atoms with Crippen molar-refractivity contribution in [1.29, 1.82) is 0 Å². The number of rotatable bonds is 5. The molecule has 1 aromatic rings. The van der Waals surface area contributed by atoms with Crippen molar-refractivity contribution in [1.82, 2.24) is 9.80 Å². The Morgan fingerprint density at radius 2 is 1.76 bits per heavy atom. The minimum atomic E-state index is -0.765. The summed E-state index contributed by atoms with van der Waals surface area (Å²) in [5.74, 6) is -0.658. The number of piperazine rings is 1. The molecule has 0 bridgehead atoms. The highest BCUT2D eigenvalue weighted by Gasteiger charge is 2.26. The van der Waals surface area contributed by atoms with Gasteiger partial charge < -0.3 is 10.0 Å². The fourth-order valence-corrected chi connectivity index (χ4v) is 2.84. The fraction of sp³-hybridized carbons (Fsp3) is 0.500. The van der Waals surface area contributed by atoms with Gasteiger partial charge in [0.2, 0.25) is 5.91 Å². The first-order valence-corrected chi connectivity index (χ1v) is 7.34. The molecule has 1 amide bonds. The largest absolute Gasteiger partial charge is 0.481 e. The highest BCUT2D eigenvalue weighted by Crippen LogP contribution is 2.26. The SMILES string of the molecule is CC(=O)N1CCN([C@@H](CCC(=O)O)c2ccccc2)CC1. The van der Waals surface area contributed by atoms with Crippen LogP contribution in [0.4, 0.5) is 0 Å². The van der Waals surface area contributed by atoms with Crippen LogP contribution >= 0.6 is 0 Å². The number of hydrogen-bond acceptors (Lipinski definition) is 3. The topological polar surface area (TPSA) is 60.9 Å². The minimum absolute atomic E-state index is 0.108. The zero-order chi connectivity index (χ0) is 15.2. The summed E-state index contributed by atoms with van der Waals surface area (Å²) in [7, 11) is 0. The molecule has 0 saturated carbocycles. The molecule has 0 radical (unpaired) electrons. The lowest BCUT2D eigenvalue weighted by atomic mass is 9.99. The molecule has 2 rings (SSSR count). The fourth-order valence-electron chi connectivity index (χ4n) is 2.84. The summed E-state index contributed by atoms with van der Waals surface area (Å²) in [6, 6.07) is 10.1. The third kappa shape index (κ3) is 4.29. The number of carboxylic acids is 1. The van der Waals surface area contributed by atoms with Gasteiger partial charge in [0.05, 0.1) is 0 Å². The maximum absolute atomic E-state index is 11.4. The van der Waals surface area contributed by atoms with E-state index in [-0.39, 0.29) is 18.4 Å². The molecule has 1 atom stereocenters. The van der Waals surface area contributed by atoms with E-state index >= 15 is 0 Å². The van der Waals surface area contributed by atoms with Gasteiger partial charge in [-0.3, -0.25) is 14.5 Å². The van der Waals surface area contributed by atoms with E-state index in [2.05, 4.69) is 4.90 Å². The van der Waals surface area contributed by atoms with Crippen LogP contribution in [0, 0.1) is 0 Å². The second-order valence-corrected chi connectivity index (χ2v) is 5.40. The predicted octanol–water partition coefficient (Wildman–Crippen LogP) is 1.76. The van der Waals surface area contributed by atoms with E-state index in [1.807, 2.05) is 35.2 Å². The molecule has 1 fully saturated rings. The highest BCUT2D eigenvalue weighted by molar-refractivity contribution is 5.73. The van der Waals surface area contributed by atoms with Gasteiger partial charge in [-0.05, 0) is 12.0 Å². The van der Waals surface area contributed by atoms with Crippen molar-refractivity contribution in [3.05, 3.63) is 35.9 Å². The minimum Gasteiger partial charge on any atom is -0.481 e. The number of carbonyl (C=O) groups excluding carboxylic acids is 1. The van der Waals surface area contributed by atoms with Crippen LogP contribution in [0.3, 0.4) is 0 Å². The zero-order valence-electron chi connectivity index (χ0n) is 12.4. The molecule has 1 heterocycles. The maximum Gasteiger partial charge on any atom is 0.303 e. The number of amides is 1. The summed E-state index contributed by atoms with van der Waals surface area (Å²) in [5.41, 5.74) is 1.15. The lowest BCUT2D eigenvalue weighted by molar-refractivity contribution is -0.137. The van der Waals surface area contributed by atoms with Gasteiger partial charge in [-0.15, -0.1) is 0 Å². The quantitative estimate of drug-likeness (QED) is 0.897. The molecule has 21 heavy (non-hydrogen) atoms. The van der Waals surface area contributed by atoms with E-state index in [1.165, 1.54) is 0 Å². The number of carboxylic acid groups (broad SMARTS) is 1. The number of aliphatic carboxylic acids is 1. The summed E-state index contributed by atoms with van der Waals surface area (Å²) >= 11 is 0. The van der Waals surface area contributed by atoms with Gasteiger partial charge in [-0.25, -0.2) is 0 Å². The van der Waals surface area contributed by atoms with E-state index in [4.69, 9.17) is 5.11 Å². The van der Waals surface area contributed by atoms with Crippen molar-refractivity contribution in [3.63, 3.8) is 0 Å². The smallest absolute Gasteiger partial charge is 0.303 e. The molecule has 5 heteroatoms. The van der Waals surface area contributed by atoms with Crippen molar-refractivity contribution in [3.8, 4) is 0 Å². The van der Waals surface area contributed by atoms with Crippen LogP contribution in [0.15, 0.2) is 30.3 Å². The molecule has 0 aromatic heterocycles. The van der Waals surface area contributed by atoms with Crippen molar-refractivity contribution in [2.75, 3.05) is 26.2 Å². The Morgan fingerprint density at radius 3 is 2.29 bits per heavy atom. The lowest BCUT2D eigenvalue weighted by Gasteiger charge is -2.39. The second-order valence-electron chi connectivity index (χ2n) is 5.40. The Balaban J connectivity index is 2.06. The highest BCUT2D eigenvalue weighted by atomic mass is 16.4. The number of carbonyl (C=O) groups is 2. The summed E-state index contributed by atoms with van der Waals surface area (Å²) in [5, 5.41) is 8.95. The normalized spacial score (nSPS) is 17.5. The molecule has 5 nitrogen and oxygen atoms in total. The van der Waals surface area contributed by atoms with Crippen LogP contribution in [0.2, 0.25) is 0 Å². The molecular weight excluding hydrogens is 268 g/mol. The Kier molecular flexibility index (Phi) is 5.33. The van der Waals surface area contributed by atoms with Gasteiger partial charge in [0.25, 0.3) is 0 Å². The van der Waals surface area contributed by atoms with Crippen molar-refractivity contribution < 1.29 is 14.7 Å². The molecule has 0 spiro atoms. The van der Waals surface area contributed by atoms with Crippen molar-refractivity contribution in [2.24, 2.45) is 0 Å². The number of hydrogen-bond donors (Lipinski definition) is 1. The van der Waals surface area contributed by atoms with Crippen LogP contribution < -0.4 is 0 Å². The van der Waals surface area contributed by atoms with E-state index in [9.17, 15) is 9.59 Å². The Labute approximate surface area is 125 Å². The van der Waals surface area contributed by atoms with Gasteiger partial charge in [0.15, 0.2) is 0 Å². The van der Waals surface area contributed by atoms with E-state index in [0.717, 1.165) is 18.7 Å². The third-order valence-corrected chi connectivity index (χ3v) is 4.02. The van der Waals surface area contributed by atoms with Gasteiger partial charge in [0, 0.05) is 45.6 Å². The van der Waals surface area contributed by atoms with Gasteiger partial charge in [0.1, 0.15) is 0 Å². The molecule has 1 aliphatic heterocycles. The van der Waals surface area contributed by atoms with E-state index < -0.39 is 5.97 Å². The summed E-state index contributed by atoms with van der Waals surface area (Å²) < 4.78 is 0. The molecule has 1 saturated heterocycles. The summed E-state index contributed by atoms with van der Waals surface area (Å²) in [6.07, 6.45) is 0.756. The Bertz CT molecular complexity index is 482. The first-order chi connectivity index (χ1) is 10.1. The van der Waals surface area contributed by atoms with E-state index in [1.54, 1.807) is 6.92 Å². The number of benzene rings is 1. The molecule has 1 N–H and O–H groups in total. The molecule has 0 aliphatic carbocycles. The maximum atomic E-state index is 11.4. The molecule has 1 aromatic carbocycles. The Morgan fingerprint density at radius 1 is 1.14 bits per heavy atom. The second kappa shape index (κ2) is 7.22. The van der Waals surface area contributed by atoms with Gasteiger partial charge in [-0.2, -0.15) is 0 Å². The van der Waals surface area contributed by atoms with Crippen molar-refractivity contribution >= 4 is 11.9 Å². The van der Waals surface area contributed by atoms with Gasteiger partial charge >= 0.3 is 5.97 Å². The predicted molar refractivity (Wildman–Crippen MR) is 79.9 cm³/mol. The van der Waals surface area contributed by atoms with Crippen LogP contribution in [0.5, 0.6) is 0 Å². The van der Waals surface area contributed by atoms with Crippen LogP contribution in [0.25, 0.3) is 0 Å². The monoisotopic (exact) mass is 290 g/mol. The van der Waals surface area contributed by atoms with Crippen LogP contribution in [0.1, 0.15) is 31.4 Å². The van der Waals surface area contributed by atoms with Crippen molar-refractivity contribution in [2.45, 2.75) is 25.8 Å². The summed E-state index contributed by atoms with van der Waals surface area (Å²) in [4.78, 5) is 26.4. The average Bonchev–Trinajstić information content (AvgIpc) is 2.49. The molecule has 1 aliphatic rings. The summed E-state index contributed by atoms with van der Waals surface area (Å²) in [6.45, 7) is 4.60. The standard InChI is InChI=1S/C16H22N2O3/c1-13(19)17-9-11-18(12-10-17)15(7-8-16(20)21)14-5-3-2-4-6-14/h2-6,15H,7-12H2,1H3,(H,20,21)/t15-/m0/s1. The molecule has 114 valence electrons. The lowest BCUT2D eigenvalue weighted by Crippen LogP contribution is -2.49. The van der Waals surface area contributed by atoms with Crippen LogP contribution in [-0.4, -0.2) is 53.0 Å². The first kappa shape index (κ1) is 15.5. The first-order valence-electron chi connectivity index (χ1n) is 7.34. The average molecular weight is 290 g/mol. The Hall–Kier alpha value is -1.88. The van der Waals surface area contributed by atoms with Gasteiger partial charge in [-0.1, -0.05) is 30.3 Å². The van der Waals surface area contributed by atoms with E-state index in [0.29, 0.717) is 19.5 Å². The number of nitrogens with zero attached hydrogens (tertiary/aromatic N) is 2. The van der Waals surface area contributed by atoms with Crippen LogP contribution in [-0.2, 0) is 9.59 Å². The molecule has 0 unspecified atom stereocenters.